The minimum absolute atomic E-state index is 0.0183. The summed E-state index contributed by atoms with van der Waals surface area (Å²) in [7, 11) is 0. The Balaban J connectivity index is 1.32. The quantitative estimate of drug-likeness (QED) is 0.244. The molecule has 3 aromatic carbocycles. The second kappa shape index (κ2) is 9.93. The van der Waals surface area contributed by atoms with Crippen molar-refractivity contribution in [2.24, 2.45) is 0 Å². The maximum absolute atomic E-state index is 15.3. The molecule has 41 heavy (non-hydrogen) atoms. The predicted molar refractivity (Wildman–Crippen MR) is 142 cm³/mol. The number of benzene rings is 3. The topological polar surface area (TPSA) is 117 Å². The number of amides is 1. The number of hydrogen-bond acceptors (Lipinski definition) is 6. The van der Waals surface area contributed by atoms with Crippen LogP contribution in [0.4, 0.5) is 29.1 Å². The number of imidazole rings is 1. The highest BCUT2D eigenvalue weighted by atomic mass is 19.4. The van der Waals surface area contributed by atoms with E-state index in [-0.39, 0.29) is 17.2 Å². The molecule has 0 saturated heterocycles. The number of alkyl halides is 3. The lowest BCUT2D eigenvalue weighted by Gasteiger charge is -2.13. The lowest BCUT2D eigenvalue weighted by atomic mass is 9.99. The third-order valence-electron chi connectivity index (χ3n) is 6.42. The van der Waals surface area contributed by atoms with E-state index >= 15 is 4.39 Å². The van der Waals surface area contributed by atoms with Gasteiger partial charge in [-0.25, -0.2) is 14.1 Å². The van der Waals surface area contributed by atoms with Crippen molar-refractivity contribution >= 4 is 28.4 Å². The molecule has 0 aliphatic rings. The fourth-order valence-corrected chi connectivity index (χ4v) is 4.44. The number of halogens is 4. The van der Waals surface area contributed by atoms with E-state index in [2.05, 4.69) is 20.6 Å². The standard InChI is InChI=1S/C28H19F4N7O2/c29-21-11-16(19-4-2-1-3-17(19)14-38-10-9-34-15-38)5-7-22(21)35-27(40)23-13-25(28(30,31)32)36-39(23)18-6-8-24-20(12-18)26(33)37-41-24/h1-13,15H,14H2,(H2,33,37)(H,35,40). The van der Waals surface area contributed by atoms with Crippen LogP contribution in [0, 0.1) is 5.82 Å². The van der Waals surface area contributed by atoms with E-state index in [4.69, 9.17) is 10.3 Å². The predicted octanol–water partition coefficient (Wildman–Crippen LogP) is 5.92. The number of nitrogens with one attached hydrogen (secondary N) is 1. The van der Waals surface area contributed by atoms with Crippen LogP contribution in [0.15, 0.2) is 90.0 Å². The van der Waals surface area contributed by atoms with Gasteiger partial charge in [-0.1, -0.05) is 35.5 Å². The molecule has 206 valence electrons. The lowest BCUT2D eigenvalue weighted by molar-refractivity contribution is -0.141. The van der Waals surface area contributed by atoms with Crippen LogP contribution in [0.5, 0.6) is 0 Å². The zero-order chi connectivity index (χ0) is 28.7. The first kappa shape index (κ1) is 25.8. The highest BCUT2D eigenvalue weighted by Gasteiger charge is 2.36. The summed E-state index contributed by atoms with van der Waals surface area (Å²) >= 11 is 0. The second-order valence-electron chi connectivity index (χ2n) is 9.11. The van der Waals surface area contributed by atoms with Crippen molar-refractivity contribution in [2.75, 3.05) is 11.1 Å². The van der Waals surface area contributed by atoms with Crippen molar-refractivity contribution in [2.45, 2.75) is 12.7 Å². The van der Waals surface area contributed by atoms with Gasteiger partial charge in [-0.05, 0) is 47.0 Å². The number of aromatic nitrogens is 5. The largest absolute Gasteiger partial charge is 0.435 e. The molecule has 6 rings (SSSR count). The van der Waals surface area contributed by atoms with E-state index in [1.54, 1.807) is 18.6 Å². The van der Waals surface area contributed by atoms with Gasteiger partial charge in [-0.3, -0.25) is 4.79 Å². The Morgan fingerprint density at radius 3 is 2.63 bits per heavy atom. The maximum atomic E-state index is 15.3. The summed E-state index contributed by atoms with van der Waals surface area (Å²) < 4.78 is 63.6. The number of nitrogens with zero attached hydrogens (tertiary/aromatic N) is 5. The Labute approximate surface area is 228 Å². The summed E-state index contributed by atoms with van der Waals surface area (Å²) in [6.07, 6.45) is 0.303. The normalized spacial score (nSPS) is 11.7. The van der Waals surface area contributed by atoms with Gasteiger partial charge in [0.1, 0.15) is 11.5 Å². The SMILES string of the molecule is Nc1noc2ccc(-n3nc(C(F)(F)F)cc3C(=O)Nc3ccc(-c4ccccc4Cn4ccnc4)cc3F)cc12. The van der Waals surface area contributed by atoms with Crippen molar-refractivity contribution in [1.82, 2.24) is 24.5 Å². The minimum atomic E-state index is -4.84. The summed E-state index contributed by atoms with van der Waals surface area (Å²) in [4.78, 5) is 17.2. The molecule has 3 N–H and O–H groups in total. The molecule has 0 bridgehead atoms. The van der Waals surface area contributed by atoms with Crippen molar-refractivity contribution < 1.29 is 26.9 Å². The van der Waals surface area contributed by atoms with Gasteiger partial charge in [0.05, 0.1) is 23.1 Å². The van der Waals surface area contributed by atoms with Gasteiger partial charge in [0, 0.05) is 25.0 Å². The van der Waals surface area contributed by atoms with Crippen molar-refractivity contribution in [3.05, 3.63) is 108 Å². The van der Waals surface area contributed by atoms with Crippen molar-refractivity contribution in [3.63, 3.8) is 0 Å². The van der Waals surface area contributed by atoms with Gasteiger partial charge < -0.3 is 20.1 Å². The summed E-state index contributed by atoms with van der Waals surface area (Å²) in [5.41, 5.74) is 6.42. The Bertz CT molecular complexity index is 1890. The summed E-state index contributed by atoms with van der Waals surface area (Å²) in [5, 5.41) is 9.90. The van der Waals surface area contributed by atoms with Crippen LogP contribution < -0.4 is 11.1 Å². The molecule has 0 aliphatic heterocycles. The van der Waals surface area contributed by atoms with Crippen LogP contribution in [0.2, 0.25) is 0 Å². The number of anilines is 2. The molecule has 3 aromatic heterocycles. The minimum Gasteiger partial charge on any atom is -0.380 e. The molecule has 0 aliphatic carbocycles. The van der Waals surface area contributed by atoms with Gasteiger partial charge in [-0.2, -0.15) is 18.3 Å². The zero-order valence-electron chi connectivity index (χ0n) is 20.9. The van der Waals surface area contributed by atoms with Crippen LogP contribution in [0.1, 0.15) is 21.7 Å². The first-order valence-electron chi connectivity index (χ1n) is 12.1. The van der Waals surface area contributed by atoms with Gasteiger partial charge >= 0.3 is 6.18 Å². The van der Waals surface area contributed by atoms with E-state index in [9.17, 15) is 18.0 Å². The Kier molecular flexibility index (Phi) is 6.25. The van der Waals surface area contributed by atoms with Crippen molar-refractivity contribution in [1.29, 1.82) is 0 Å². The molecule has 0 atom stereocenters. The molecule has 0 unspecified atom stereocenters. The monoisotopic (exact) mass is 561 g/mol. The molecular formula is C28H19F4N7O2. The number of carbonyl (C=O) groups is 1. The molecule has 1 amide bonds. The fourth-order valence-electron chi connectivity index (χ4n) is 4.44. The first-order valence-corrected chi connectivity index (χ1v) is 12.1. The summed E-state index contributed by atoms with van der Waals surface area (Å²) in [6, 6.07) is 16.5. The first-order chi connectivity index (χ1) is 19.7. The van der Waals surface area contributed by atoms with Gasteiger partial charge in [-0.15, -0.1) is 0 Å². The van der Waals surface area contributed by atoms with E-state index in [1.807, 2.05) is 35.0 Å². The number of hydrogen-bond donors (Lipinski definition) is 2. The molecular weight excluding hydrogens is 542 g/mol. The van der Waals surface area contributed by atoms with Crippen LogP contribution >= 0.6 is 0 Å². The smallest absolute Gasteiger partial charge is 0.380 e. The molecule has 0 saturated carbocycles. The second-order valence-corrected chi connectivity index (χ2v) is 9.11. The van der Waals surface area contributed by atoms with E-state index in [1.165, 1.54) is 30.3 Å². The van der Waals surface area contributed by atoms with Gasteiger partial charge in [0.15, 0.2) is 17.1 Å². The van der Waals surface area contributed by atoms with E-state index in [0.717, 1.165) is 15.8 Å². The zero-order valence-corrected chi connectivity index (χ0v) is 20.9. The molecule has 3 heterocycles. The maximum Gasteiger partial charge on any atom is 0.435 e. The highest BCUT2D eigenvalue weighted by Crippen LogP contribution is 2.32. The van der Waals surface area contributed by atoms with Gasteiger partial charge in [0.2, 0.25) is 0 Å². The highest BCUT2D eigenvalue weighted by molar-refractivity contribution is 6.04. The number of fused-ring (bicyclic) bond motifs is 1. The molecule has 0 fully saturated rings. The fraction of sp³-hybridized carbons (Fsp3) is 0.0714. The average molecular weight is 561 g/mol. The van der Waals surface area contributed by atoms with Crippen LogP contribution in [0.25, 0.3) is 27.8 Å². The van der Waals surface area contributed by atoms with E-state index < -0.39 is 29.3 Å². The Morgan fingerprint density at radius 2 is 1.88 bits per heavy atom. The molecule has 9 nitrogen and oxygen atoms in total. The summed E-state index contributed by atoms with van der Waals surface area (Å²) in [5.74, 6) is -1.75. The van der Waals surface area contributed by atoms with Crippen LogP contribution in [-0.4, -0.2) is 30.4 Å². The third kappa shape index (κ3) is 5.00. The van der Waals surface area contributed by atoms with Crippen LogP contribution in [-0.2, 0) is 12.7 Å². The Hall–Kier alpha value is -5.46. The lowest BCUT2D eigenvalue weighted by Crippen LogP contribution is -2.17. The summed E-state index contributed by atoms with van der Waals surface area (Å²) in [6.45, 7) is 0.508. The third-order valence-corrected chi connectivity index (χ3v) is 6.42. The molecule has 0 spiro atoms. The van der Waals surface area contributed by atoms with Crippen LogP contribution in [0.3, 0.4) is 0 Å². The van der Waals surface area contributed by atoms with Gasteiger partial charge in [0.25, 0.3) is 5.91 Å². The number of nitrogens with two attached hydrogens (primary N) is 1. The Morgan fingerprint density at radius 1 is 1.05 bits per heavy atom. The van der Waals surface area contributed by atoms with E-state index in [0.29, 0.717) is 29.1 Å². The number of carbonyl (C=O) groups excluding carboxylic acids is 1. The number of rotatable bonds is 6. The van der Waals surface area contributed by atoms with Crippen molar-refractivity contribution in [3.8, 4) is 16.8 Å². The average Bonchev–Trinajstić information content (AvgIpc) is 3.70. The molecule has 6 aromatic rings. The molecule has 0 radical (unpaired) electrons. The number of nitrogen functional groups attached to an aromatic ring is 1. The molecule has 13 heteroatoms.